The number of methoxy groups -OCH3 is 2. The van der Waals surface area contributed by atoms with Gasteiger partial charge in [-0.05, 0) is 22.3 Å². The molecule has 0 N–H and O–H groups in total. The number of likely N-dealkylation sites (tertiary alicyclic amines) is 2. The van der Waals surface area contributed by atoms with E-state index < -0.39 is 12.2 Å². The molecule has 0 saturated carbocycles. The number of rotatable bonds is 8. The summed E-state index contributed by atoms with van der Waals surface area (Å²) >= 11 is 0. The Hall–Kier alpha value is -5.64. The third kappa shape index (κ3) is 9.28. The van der Waals surface area contributed by atoms with Gasteiger partial charge in [0.05, 0.1) is 26.1 Å². The molecule has 0 unspecified atom stereocenters. The minimum Gasteiger partial charge on any atom is -0.469 e. The molecule has 2 amide bonds. The number of hydrogen-bond donors (Lipinski definition) is 0. The summed E-state index contributed by atoms with van der Waals surface area (Å²) < 4.78 is 20.6. The van der Waals surface area contributed by atoms with Crippen LogP contribution in [0.15, 0.2) is 121 Å². The minimum absolute atomic E-state index is 0.0853. The Kier molecular flexibility index (Phi) is 12.6. The van der Waals surface area contributed by atoms with Gasteiger partial charge in [-0.2, -0.15) is 0 Å². The average Bonchev–Trinajstić information content (AvgIpc) is 3.84. The van der Waals surface area contributed by atoms with E-state index >= 15 is 0 Å². The number of nitrogens with zero attached hydrogens (tertiary/aromatic N) is 2. The molecule has 50 heavy (non-hydrogen) atoms. The molecule has 10 heteroatoms. The van der Waals surface area contributed by atoms with Gasteiger partial charge in [-0.1, -0.05) is 121 Å². The van der Waals surface area contributed by atoms with Gasteiger partial charge in [-0.15, -0.1) is 0 Å². The fourth-order valence-electron chi connectivity index (χ4n) is 6.38. The van der Waals surface area contributed by atoms with Crippen LogP contribution in [0.4, 0.5) is 9.59 Å². The first kappa shape index (κ1) is 35.7. The largest absolute Gasteiger partial charge is 0.469 e. The first-order valence-electron chi connectivity index (χ1n) is 16.5. The number of hydrogen-bond acceptors (Lipinski definition) is 8. The van der Waals surface area contributed by atoms with Crippen LogP contribution in [0.5, 0.6) is 0 Å². The molecular formula is C40H42N2O8. The number of benzene rings is 4. The molecule has 6 rings (SSSR count). The van der Waals surface area contributed by atoms with Gasteiger partial charge in [-0.3, -0.25) is 9.59 Å². The molecule has 2 fully saturated rings. The van der Waals surface area contributed by atoms with Crippen molar-refractivity contribution < 1.29 is 38.1 Å². The summed E-state index contributed by atoms with van der Waals surface area (Å²) in [5.41, 5.74) is 3.91. The van der Waals surface area contributed by atoms with Gasteiger partial charge < -0.3 is 28.7 Å². The maximum atomic E-state index is 12.4. The molecule has 4 aromatic carbocycles. The lowest BCUT2D eigenvalue weighted by molar-refractivity contribution is -0.146. The second kappa shape index (κ2) is 17.7. The van der Waals surface area contributed by atoms with Crippen LogP contribution in [0, 0.1) is 11.8 Å². The highest BCUT2D eigenvalue weighted by atomic mass is 16.6. The molecule has 0 aliphatic carbocycles. The molecule has 0 aromatic heterocycles. The summed E-state index contributed by atoms with van der Waals surface area (Å²) in [4.78, 5) is 52.3. The Morgan fingerprint density at radius 3 is 1.14 bits per heavy atom. The summed E-state index contributed by atoms with van der Waals surface area (Å²) in [7, 11) is 2.75. The van der Waals surface area contributed by atoms with Crippen molar-refractivity contribution in [2.75, 3.05) is 40.4 Å². The quantitative estimate of drug-likeness (QED) is 0.155. The van der Waals surface area contributed by atoms with Crippen LogP contribution in [-0.4, -0.2) is 74.3 Å². The fraction of sp³-hybridized carbons (Fsp3) is 0.300. The Morgan fingerprint density at radius 1 is 0.500 bits per heavy atom. The van der Waals surface area contributed by atoms with Crippen molar-refractivity contribution in [3.63, 3.8) is 0 Å². The van der Waals surface area contributed by atoms with E-state index in [0.717, 1.165) is 22.3 Å². The number of ether oxygens (including phenoxy) is 4. The minimum atomic E-state index is -0.406. The highest BCUT2D eigenvalue weighted by Gasteiger charge is 2.42. The van der Waals surface area contributed by atoms with Gasteiger partial charge in [0.2, 0.25) is 0 Å². The lowest BCUT2D eigenvalue weighted by Gasteiger charge is -2.16. The normalized spacial score (nSPS) is 19.5. The molecule has 2 saturated heterocycles. The molecule has 0 radical (unpaired) electrons. The highest BCUT2D eigenvalue weighted by Crippen LogP contribution is 2.35. The van der Waals surface area contributed by atoms with Gasteiger partial charge in [0.15, 0.2) is 0 Å². The predicted molar refractivity (Wildman–Crippen MR) is 186 cm³/mol. The molecule has 4 atom stereocenters. The van der Waals surface area contributed by atoms with Gasteiger partial charge in [0.1, 0.15) is 13.2 Å². The summed E-state index contributed by atoms with van der Waals surface area (Å²) in [6.07, 6.45) is -0.813. The molecule has 0 spiro atoms. The Bertz CT molecular complexity index is 1560. The smallest absolute Gasteiger partial charge is 0.410 e. The van der Waals surface area contributed by atoms with Crippen LogP contribution in [0.2, 0.25) is 0 Å². The summed E-state index contributed by atoms with van der Waals surface area (Å²) in [5, 5.41) is 0. The summed E-state index contributed by atoms with van der Waals surface area (Å²) in [5.74, 6) is -1.52. The molecule has 260 valence electrons. The van der Waals surface area contributed by atoms with Gasteiger partial charge in [-0.25, -0.2) is 9.59 Å². The van der Waals surface area contributed by atoms with Crippen LogP contribution in [0.25, 0.3) is 0 Å². The van der Waals surface area contributed by atoms with Crippen molar-refractivity contribution in [2.45, 2.75) is 25.0 Å². The SMILES string of the molecule is COC(=O)[C@@H]1CN(C(=O)OCc2ccccc2)C[C@H]1c1ccccc1.COC(=O)[C@H]1CN(C(=O)OCc2ccccc2)C[C@@H]1c1ccccc1. The van der Waals surface area contributed by atoms with Crippen LogP contribution < -0.4 is 0 Å². The molecule has 4 aromatic rings. The van der Waals surface area contributed by atoms with E-state index in [4.69, 9.17) is 18.9 Å². The zero-order valence-corrected chi connectivity index (χ0v) is 28.3. The third-order valence-corrected chi connectivity index (χ3v) is 9.03. The molecule has 2 heterocycles. The van der Waals surface area contributed by atoms with Crippen molar-refractivity contribution in [3.8, 4) is 0 Å². The predicted octanol–water partition coefficient (Wildman–Crippen LogP) is 6.42. The van der Waals surface area contributed by atoms with Crippen molar-refractivity contribution in [2.24, 2.45) is 11.8 Å². The number of esters is 2. The van der Waals surface area contributed by atoms with Crippen molar-refractivity contribution in [3.05, 3.63) is 144 Å². The maximum absolute atomic E-state index is 12.4. The molecule has 2 aliphatic rings. The zero-order valence-electron chi connectivity index (χ0n) is 28.3. The number of carbonyl (C=O) groups is 4. The number of amides is 2. The fourth-order valence-corrected chi connectivity index (χ4v) is 6.38. The maximum Gasteiger partial charge on any atom is 0.410 e. The Balaban J connectivity index is 0.000000194. The van der Waals surface area contributed by atoms with Gasteiger partial charge in [0, 0.05) is 38.0 Å². The topological polar surface area (TPSA) is 112 Å². The third-order valence-electron chi connectivity index (χ3n) is 9.03. The molecule has 2 aliphatic heterocycles. The van der Waals surface area contributed by atoms with Gasteiger partial charge >= 0.3 is 24.1 Å². The van der Waals surface area contributed by atoms with E-state index in [1.54, 1.807) is 9.80 Å². The van der Waals surface area contributed by atoms with E-state index in [0.29, 0.717) is 26.2 Å². The van der Waals surface area contributed by atoms with E-state index in [-0.39, 0.29) is 48.8 Å². The standard InChI is InChI=1S/2C20H21NO4/c2*1-24-19(22)18-13-21(12-17(18)16-10-6-3-7-11-16)20(23)25-14-15-8-4-2-5-9-15/h2*2-11,17-18H,12-14H2,1H3/t2*17-,18+/m10/s1. The second-order valence-electron chi connectivity index (χ2n) is 12.2. The molecule has 0 bridgehead atoms. The molecule has 10 nitrogen and oxygen atoms in total. The lowest BCUT2D eigenvalue weighted by atomic mass is 9.89. The first-order valence-corrected chi connectivity index (χ1v) is 16.5. The van der Waals surface area contributed by atoms with Crippen molar-refractivity contribution in [1.29, 1.82) is 0 Å². The van der Waals surface area contributed by atoms with E-state index in [1.165, 1.54) is 14.2 Å². The molecular weight excluding hydrogens is 636 g/mol. The second-order valence-corrected chi connectivity index (χ2v) is 12.2. The van der Waals surface area contributed by atoms with Crippen molar-refractivity contribution in [1.82, 2.24) is 9.80 Å². The van der Waals surface area contributed by atoms with Crippen LogP contribution >= 0.6 is 0 Å². The summed E-state index contributed by atoms with van der Waals surface area (Å²) in [6.45, 7) is 1.93. The number of carbonyl (C=O) groups excluding carboxylic acids is 4. The van der Waals surface area contributed by atoms with E-state index in [9.17, 15) is 19.2 Å². The zero-order chi connectivity index (χ0) is 35.3. The summed E-state index contributed by atoms with van der Waals surface area (Å²) in [6, 6.07) is 38.5. The average molecular weight is 679 g/mol. The van der Waals surface area contributed by atoms with Gasteiger partial charge in [0.25, 0.3) is 0 Å². The van der Waals surface area contributed by atoms with Crippen molar-refractivity contribution >= 4 is 24.1 Å². The highest BCUT2D eigenvalue weighted by molar-refractivity contribution is 5.78. The van der Waals surface area contributed by atoms with E-state index in [1.807, 2.05) is 121 Å². The van der Waals surface area contributed by atoms with E-state index in [2.05, 4.69) is 0 Å². The Morgan fingerprint density at radius 2 is 0.820 bits per heavy atom. The first-order chi connectivity index (χ1) is 24.4. The van der Waals surface area contributed by atoms with Crippen LogP contribution in [0.3, 0.4) is 0 Å². The monoisotopic (exact) mass is 678 g/mol. The van der Waals surface area contributed by atoms with Crippen LogP contribution in [0.1, 0.15) is 34.1 Å². The Labute approximate surface area is 292 Å². The lowest BCUT2D eigenvalue weighted by Crippen LogP contribution is -2.30. The van der Waals surface area contributed by atoms with Crippen LogP contribution in [-0.2, 0) is 41.8 Å².